The number of nitrogens with two attached hydrogens (primary N) is 1. The van der Waals surface area contributed by atoms with Crippen molar-refractivity contribution in [1.29, 1.82) is 0 Å². The molecular formula is C12H19N3O2S. The van der Waals surface area contributed by atoms with Gasteiger partial charge in [0.25, 0.3) is 0 Å². The fourth-order valence-corrected chi connectivity index (χ4v) is 2.84. The van der Waals surface area contributed by atoms with Crippen molar-refractivity contribution in [2.75, 3.05) is 18.1 Å². The van der Waals surface area contributed by atoms with Crippen molar-refractivity contribution >= 4 is 21.4 Å². The first-order valence-electron chi connectivity index (χ1n) is 5.98. The lowest BCUT2D eigenvalue weighted by Crippen LogP contribution is -2.41. The lowest BCUT2D eigenvalue weighted by Gasteiger charge is -2.40. The zero-order valence-electron chi connectivity index (χ0n) is 10.7. The Hall–Kier alpha value is -1.27. The second-order valence-corrected chi connectivity index (χ2v) is 6.88. The number of anilines is 2. The van der Waals surface area contributed by atoms with Crippen molar-refractivity contribution < 1.29 is 8.42 Å². The van der Waals surface area contributed by atoms with Crippen molar-refractivity contribution in [1.82, 2.24) is 4.72 Å². The monoisotopic (exact) mass is 269 g/mol. The molecular weight excluding hydrogens is 250 g/mol. The molecule has 18 heavy (non-hydrogen) atoms. The highest BCUT2D eigenvalue weighted by molar-refractivity contribution is 7.89. The topological polar surface area (TPSA) is 84.2 Å². The SMILES string of the molecule is CNS(=O)(=O)c1ccc(N)c(NC2(C)CCC2)c1. The molecule has 1 saturated carbocycles. The number of nitrogen functional groups attached to an aromatic ring is 1. The number of hydrogen-bond acceptors (Lipinski definition) is 4. The third-order valence-corrected chi connectivity index (χ3v) is 4.91. The van der Waals surface area contributed by atoms with Gasteiger partial charge in [-0.05, 0) is 51.4 Å². The number of rotatable bonds is 4. The normalized spacial score (nSPS) is 18.1. The molecule has 5 nitrogen and oxygen atoms in total. The molecule has 0 saturated heterocycles. The van der Waals surface area contributed by atoms with E-state index in [1.54, 1.807) is 12.1 Å². The zero-order valence-corrected chi connectivity index (χ0v) is 11.5. The second kappa shape index (κ2) is 4.44. The molecule has 1 fully saturated rings. The van der Waals surface area contributed by atoms with E-state index in [0.717, 1.165) is 12.8 Å². The van der Waals surface area contributed by atoms with Crippen LogP contribution in [0.15, 0.2) is 23.1 Å². The van der Waals surface area contributed by atoms with E-state index in [2.05, 4.69) is 17.0 Å². The molecule has 0 unspecified atom stereocenters. The van der Waals surface area contributed by atoms with Gasteiger partial charge in [0.05, 0.1) is 16.3 Å². The van der Waals surface area contributed by atoms with Crippen LogP contribution in [-0.2, 0) is 10.0 Å². The molecule has 0 radical (unpaired) electrons. The van der Waals surface area contributed by atoms with Crippen LogP contribution in [0.1, 0.15) is 26.2 Å². The first kappa shape index (κ1) is 13.2. The van der Waals surface area contributed by atoms with Gasteiger partial charge in [-0.2, -0.15) is 0 Å². The van der Waals surface area contributed by atoms with Gasteiger partial charge in [-0.25, -0.2) is 13.1 Å². The lowest BCUT2D eigenvalue weighted by molar-refractivity contribution is 0.307. The molecule has 6 heteroatoms. The smallest absolute Gasteiger partial charge is 0.240 e. The highest BCUT2D eigenvalue weighted by atomic mass is 32.2. The van der Waals surface area contributed by atoms with E-state index in [4.69, 9.17) is 5.73 Å². The summed E-state index contributed by atoms with van der Waals surface area (Å²) in [7, 11) is -2.03. The third kappa shape index (κ3) is 2.44. The predicted molar refractivity (Wildman–Crippen MR) is 73.0 cm³/mol. The van der Waals surface area contributed by atoms with Crippen LogP contribution in [0, 0.1) is 0 Å². The number of hydrogen-bond donors (Lipinski definition) is 3. The van der Waals surface area contributed by atoms with Crippen molar-refractivity contribution in [3.8, 4) is 0 Å². The maximum atomic E-state index is 11.7. The maximum absolute atomic E-state index is 11.7. The minimum atomic E-state index is -3.43. The zero-order chi connectivity index (χ0) is 13.4. The van der Waals surface area contributed by atoms with Crippen LogP contribution in [0.3, 0.4) is 0 Å². The van der Waals surface area contributed by atoms with Gasteiger partial charge in [0.15, 0.2) is 0 Å². The Morgan fingerprint density at radius 3 is 2.50 bits per heavy atom. The Labute approximate surface area is 108 Å². The maximum Gasteiger partial charge on any atom is 0.240 e. The van der Waals surface area contributed by atoms with Crippen molar-refractivity contribution in [3.63, 3.8) is 0 Å². The van der Waals surface area contributed by atoms with Crippen LogP contribution in [0.2, 0.25) is 0 Å². The quantitative estimate of drug-likeness (QED) is 0.724. The van der Waals surface area contributed by atoms with Gasteiger partial charge in [0.2, 0.25) is 10.0 Å². The summed E-state index contributed by atoms with van der Waals surface area (Å²) >= 11 is 0. The van der Waals surface area contributed by atoms with Gasteiger partial charge in [0.1, 0.15) is 0 Å². The standard InChI is InChI=1S/C12H19N3O2S/c1-12(6-3-7-12)15-11-8-9(4-5-10(11)13)18(16,17)14-2/h4-5,8,14-15H,3,6-7,13H2,1-2H3. The Kier molecular flexibility index (Phi) is 3.25. The summed E-state index contributed by atoms with van der Waals surface area (Å²) in [6, 6.07) is 4.72. The van der Waals surface area contributed by atoms with Crippen molar-refractivity contribution in [2.24, 2.45) is 0 Å². The minimum absolute atomic E-state index is 0.0378. The first-order chi connectivity index (χ1) is 8.36. The van der Waals surface area contributed by atoms with Crippen LogP contribution >= 0.6 is 0 Å². The van der Waals surface area contributed by atoms with Gasteiger partial charge in [0, 0.05) is 5.54 Å². The second-order valence-electron chi connectivity index (χ2n) is 5.00. The summed E-state index contributed by atoms with van der Waals surface area (Å²) in [5, 5.41) is 3.34. The van der Waals surface area contributed by atoms with Crippen LogP contribution in [0.25, 0.3) is 0 Å². The van der Waals surface area contributed by atoms with E-state index in [-0.39, 0.29) is 10.4 Å². The average molecular weight is 269 g/mol. The van der Waals surface area contributed by atoms with Gasteiger partial charge in [-0.3, -0.25) is 0 Å². The summed E-state index contributed by atoms with van der Waals surface area (Å²) < 4.78 is 25.8. The Bertz CT molecular complexity index is 550. The highest BCUT2D eigenvalue weighted by Gasteiger charge is 2.32. The van der Waals surface area contributed by atoms with Gasteiger partial charge in [-0.1, -0.05) is 0 Å². The fraction of sp³-hybridized carbons (Fsp3) is 0.500. The van der Waals surface area contributed by atoms with E-state index in [1.165, 1.54) is 19.5 Å². The number of benzene rings is 1. The summed E-state index contributed by atoms with van der Waals surface area (Å²) in [5.41, 5.74) is 7.18. The summed E-state index contributed by atoms with van der Waals surface area (Å²) in [6.07, 6.45) is 3.35. The molecule has 4 N–H and O–H groups in total. The van der Waals surface area contributed by atoms with E-state index in [0.29, 0.717) is 11.4 Å². The minimum Gasteiger partial charge on any atom is -0.397 e. The average Bonchev–Trinajstić information content (AvgIpc) is 2.29. The molecule has 1 aliphatic carbocycles. The molecule has 1 aliphatic rings. The molecule has 1 aromatic carbocycles. The van der Waals surface area contributed by atoms with E-state index >= 15 is 0 Å². The molecule has 0 atom stereocenters. The van der Waals surface area contributed by atoms with Gasteiger partial charge in [-0.15, -0.1) is 0 Å². The predicted octanol–water partition coefficient (Wildman–Crippen LogP) is 1.53. The Balaban J connectivity index is 2.33. The lowest BCUT2D eigenvalue weighted by atomic mass is 9.78. The first-order valence-corrected chi connectivity index (χ1v) is 7.46. The Morgan fingerprint density at radius 1 is 1.33 bits per heavy atom. The molecule has 2 rings (SSSR count). The third-order valence-electron chi connectivity index (χ3n) is 3.50. The van der Waals surface area contributed by atoms with Crippen LogP contribution in [0.5, 0.6) is 0 Å². The number of sulfonamides is 1. The fourth-order valence-electron chi connectivity index (χ4n) is 2.09. The molecule has 0 aromatic heterocycles. The van der Waals surface area contributed by atoms with Crippen molar-refractivity contribution in [2.45, 2.75) is 36.6 Å². The van der Waals surface area contributed by atoms with E-state index < -0.39 is 10.0 Å². The molecule has 100 valence electrons. The van der Waals surface area contributed by atoms with E-state index in [1.807, 2.05) is 0 Å². The van der Waals surface area contributed by atoms with Gasteiger partial charge >= 0.3 is 0 Å². The molecule has 0 bridgehead atoms. The van der Waals surface area contributed by atoms with Crippen LogP contribution in [-0.4, -0.2) is 21.0 Å². The van der Waals surface area contributed by atoms with Gasteiger partial charge < -0.3 is 11.1 Å². The molecule has 0 aliphatic heterocycles. The largest absolute Gasteiger partial charge is 0.397 e. The van der Waals surface area contributed by atoms with Crippen molar-refractivity contribution in [3.05, 3.63) is 18.2 Å². The summed E-state index contributed by atoms with van der Waals surface area (Å²) in [6.45, 7) is 2.12. The molecule has 0 amide bonds. The Morgan fingerprint density at radius 2 is 2.00 bits per heavy atom. The van der Waals surface area contributed by atoms with Crippen LogP contribution in [0.4, 0.5) is 11.4 Å². The van der Waals surface area contributed by atoms with E-state index in [9.17, 15) is 8.42 Å². The molecule has 1 aromatic rings. The molecule has 0 heterocycles. The summed E-state index contributed by atoms with van der Waals surface area (Å²) in [4.78, 5) is 0.227. The van der Waals surface area contributed by atoms with Crippen LogP contribution < -0.4 is 15.8 Å². The highest BCUT2D eigenvalue weighted by Crippen LogP contribution is 2.36. The molecule has 0 spiro atoms. The summed E-state index contributed by atoms with van der Waals surface area (Å²) in [5.74, 6) is 0. The number of nitrogens with one attached hydrogen (secondary N) is 2.